The van der Waals surface area contributed by atoms with Crippen molar-refractivity contribution in [1.82, 2.24) is 14.8 Å². The number of hydrogen-bond donors (Lipinski definition) is 1. The van der Waals surface area contributed by atoms with Gasteiger partial charge in [0, 0.05) is 11.4 Å². The van der Waals surface area contributed by atoms with E-state index in [1.807, 2.05) is 43.3 Å². The molecule has 0 aliphatic heterocycles. The third-order valence-corrected chi connectivity index (χ3v) is 2.70. The lowest BCUT2D eigenvalue weighted by molar-refractivity contribution is 0.894. The van der Waals surface area contributed by atoms with Crippen LogP contribution in [0.1, 0.15) is 5.69 Å². The van der Waals surface area contributed by atoms with Gasteiger partial charge in [-0.15, -0.1) is 0 Å². The van der Waals surface area contributed by atoms with Gasteiger partial charge >= 0.3 is 0 Å². The van der Waals surface area contributed by atoms with E-state index in [4.69, 9.17) is 5.73 Å². The highest BCUT2D eigenvalue weighted by molar-refractivity contribution is 5.88. The van der Waals surface area contributed by atoms with Gasteiger partial charge in [-0.25, -0.2) is 9.67 Å². The Kier molecular flexibility index (Phi) is 2.08. The van der Waals surface area contributed by atoms with E-state index in [0.717, 1.165) is 28.1 Å². The average Bonchev–Trinajstić information content (AvgIpc) is 2.74. The highest BCUT2D eigenvalue weighted by Crippen LogP contribution is 2.22. The molecule has 0 spiro atoms. The van der Waals surface area contributed by atoms with Crippen LogP contribution in [0.25, 0.3) is 16.7 Å². The van der Waals surface area contributed by atoms with Crippen molar-refractivity contribution in [3.63, 3.8) is 0 Å². The number of para-hydroxylation sites is 1. The Hall–Kier alpha value is -2.36. The number of pyridine rings is 1. The highest BCUT2D eigenvalue weighted by Gasteiger charge is 2.08. The lowest BCUT2D eigenvalue weighted by Gasteiger charge is -2.03. The van der Waals surface area contributed by atoms with Crippen molar-refractivity contribution in [3.8, 4) is 5.69 Å². The number of nitrogens with two attached hydrogens (primary N) is 1. The molecule has 0 saturated carbocycles. The summed E-state index contributed by atoms with van der Waals surface area (Å²) in [6, 6.07) is 11.8. The number of nitrogens with zero attached hydrogens (tertiary/aromatic N) is 3. The number of hydrogen-bond acceptors (Lipinski definition) is 3. The molecule has 0 saturated heterocycles. The van der Waals surface area contributed by atoms with E-state index in [1.165, 1.54) is 0 Å². The number of nitrogen functional groups attached to an aromatic ring is 1. The molecule has 4 nitrogen and oxygen atoms in total. The van der Waals surface area contributed by atoms with E-state index in [9.17, 15) is 0 Å². The Bertz CT molecular complexity index is 670. The van der Waals surface area contributed by atoms with Gasteiger partial charge in [0.2, 0.25) is 0 Å². The topological polar surface area (TPSA) is 56.7 Å². The van der Waals surface area contributed by atoms with Crippen molar-refractivity contribution in [2.24, 2.45) is 0 Å². The molecule has 2 N–H and O–H groups in total. The molecule has 0 unspecified atom stereocenters. The minimum atomic E-state index is 0.717. The second-order valence-corrected chi connectivity index (χ2v) is 3.98. The maximum absolute atomic E-state index is 5.96. The first kappa shape index (κ1) is 9.84. The molecule has 1 aromatic carbocycles. The largest absolute Gasteiger partial charge is 0.398 e. The molecule has 4 heteroatoms. The zero-order valence-electron chi connectivity index (χ0n) is 9.46. The smallest absolute Gasteiger partial charge is 0.165 e. The van der Waals surface area contributed by atoms with Gasteiger partial charge in [0.15, 0.2) is 5.65 Å². The van der Waals surface area contributed by atoms with Gasteiger partial charge in [-0.05, 0) is 25.1 Å². The van der Waals surface area contributed by atoms with Crippen molar-refractivity contribution in [2.45, 2.75) is 6.92 Å². The summed E-state index contributed by atoms with van der Waals surface area (Å²) in [4.78, 5) is 4.49. The highest BCUT2D eigenvalue weighted by atomic mass is 15.3. The maximum atomic E-state index is 5.96. The summed E-state index contributed by atoms with van der Waals surface area (Å²) in [7, 11) is 0. The third kappa shape index (κ3) is 1.54. The molecule has 2 aromatic heterocycles. The summed E-state index contributed by atoms with van der Waals surface area (Å²) in [5.41, 5.74) is 9.35. The Morgan fingerprint density at radius 3 is 2.71 bits per heavy atom. The molecule has 84 valence electrons. The molecular formula is C13H12N4. The van der Waals surface area contributed by atoms with Crippen molar-refractivity contribution in [1.29, 1.82) is 0 Å². The van der Waals surface area contributed by atoms with Gasteiger partial charge in [0.05, 0.1) is 17.3 Å². The van der Waals surface area contributed by atoms with Crippen LogP contribution < -0.4 is 5.73 Å². The molecule has 0 radical (unpaired) electrons. The van der Waals surface area contributed by atoms with E-state index >= 15 is 0 Å². The zero-order chi connectivity index (χ0) is 11.8. The molecule has 17 heavy (non-hydrogen) atoms. The number of benzene rings is 1. The molecule has 3 aromatic rings. The van der Waals surface area contributed by atoms with Crippen LogP contribution in [0.4, 0.5) is 5.69 Å². The Morgan fingerprint density at radius 2 is 1.94 bits per heavy atom. The van der Waals surface area contributed by atoms with Crippen LogP contribution in [0, 0.1) is 6.92 Å². The lowest BCUT2D eigenvalue weighted by Crippen LogP contribution is -1.98. The SMILES string of the molecule is Cc1cc(N)c2cnn(-c3ccccc3)c2n1. The molecule has 0 aliphatic rings. The first-order chi connectivity index (χ1) is 8.25. The molecular weight excluding hydrogens is 212 g/mol. The number of fused-ring (bicyclic) bond motifs is 1. The summed E-state index contributed by atoms with van der Waals surface area (Å²) in [5, 5.41) is 5.23. The summed E-state index contributed by atoms with van der Waals surface area (Å²) in [6.45, 7) is 1.93. The molecule has 0 fully saturated rings. The Morgan fingerprint density at radius 1 is 1.18 bits per heavy atom. The second-order valence-electron chi connectivity index (χ2n) is 3.98. The number of aryl methyl sites for hydroxylation is 1. The monoisotopic (exact) mass is 224 g/mol. The number of aromatic nitrogens is 3. The van der Waals surface area contributed by atoms with Crippen molar-refractivity contribution < 1.29 is 0 Å². The molecule has 0 amide bonds. The minimum absolute atomic E-state index is 0.717. The number of rotatable bonds is 1. The van der Waals surface area contributed by atoms with Crippen LogP contribution in [-0.2, 0) is 0 Å². The predicted molar refractivity (Wildman–Crippen MR) is 68.0 cm³/mol. The van der Waals surface area contributed by atoms with Crippen molar-refractivity contribution >= 4 is 16.7 Å². The van der Waals surface area contributed by atoms with Gasteiger partial charge < -0.3 is 5.73 Å². The van der Waals surface area contributed by atoms with Gasteiger partial charge in [0.25, 0.3) is 0 Å². The summed E-state index contributed by atoms with van der Waals surface area (Å²) < 4.78 is 1.80. The molecule has 0 aliphatic carbocycles. The molecule has 3 rings (SSSR count). The van der Waals surface area contributed by atoms with E-state index in [-0.39, 0.29) is 0 Å². The Balaban J connectivity index is 2.32. The third-order valence-electron chi connectivity index (χ3n) is 2.70. The quantitative estimate of drug-likeness (QED) is 0.690. The Labute approximate surface area is 98.7 Å². The van der Waals surface area contributed by atoms with Gasteiger partial charge in [0.1, 0.15) is 0 Å². The summed E-state index contributed by atoms with van der Waals surface area (Å²) >= 11 is 0. The minimum Gasteiger partial charge on any atom is -0.398 e. The zero-order valence-corrected chi connectivity index (χ0v) is 9.46. The fraction of sp³-hybridized carbons (Fsp3) is 0.0769. The fourth-order valence-electron chi connectivity index (χ4n) is 1.91. The van der Waals surface area contributed by atoms with Crippen LogP contribution in [0.2, 0.25) is 0 Å². The van der Waals surface area contributed by atoms with Gasteiger partial charge in [-0.3, -0.25) is 0 Å². The van der Waals surface area contributed by atoms with E-state index in [0.29, 0.717) is 0 Å². The van der Waals surface area contributed by atoms with Crippen LogP contribution in [0.5, 0.6) is 0 Å². The van der Waals surface area contributed by atoms with E-state index in [1.54, 1.807) is 10.9 Å². The first-order valence-corrected chi connectivity index (χ1v) is 5.42. The van der Waals surface area contributed by atoms with Crippen LogP contribution in [0.3, 0.4) is 0 Å². The van der Waals surface area contributed by atoms with E-state index in [2.05, 4.69) is 10.1 Å². The molecule has 0 atom stereocenters. The predicted octanol–water partition coefficient (Wildman–Crippen LogP) is 2.31. The molecule has 2 heterocycles. The fourth-order valence-corrected chi connectivity index (χ4v) is 1.91. The van der Waals surface area contributed by atoms with Crippen molar-refractivity contribution in [2.75, 3.05) is 5.73 Å². The number of anilines is 1. The standard InChI is InChI=1S/C13H12N4/c1-9-7-12(14)11-8-15-17(13(11)16-9)10-5-3-2-4-6-10/h2-8H,1H3,(H2,14,16). The molecule has 0 bridgehead atoms. The summed E-state index contributed by atoms with van der Waals surface area (Å²) in [6.07, 6.45) is 1.75. The van der Waals surface area contributed by atoms with Gasteiger partial charge in [-0.1, -0.05) is 18.2 Å². The van der Waals surface area contributed by atoms with Crippen LogP contribution in [-0.4, -0.2) is 14.8 Å². The van der Waals surface area contributed by atoms with E-state index < -0.39 is 0 Å². The van der Waals surface area contributed by atoms with Crippen LogP contribution >= 0.6 is 0 Å². The van der Waals surface area contributed by atoms with Crippen LogP contribution in [0.15, 0.2) is 42.6 Å². The summed E-state index contributed by atoms with van der Waals surface area (Å²) in [5.74, 6) is 0. The lowest BCUT2D eigenvalue weighted by atomic mass is 10.2. The maximum Gasteiger partial charge on any atom is 0.165 e. The second kappa shape index (κ2) is 3.59. The first-order valence-electron chi connectivity index (χ1n) is 5.42. The average molecular weight is 224 g/mol. The van der Waals surface area contributed by atoms with Gasteiger partial charge in [-0.2, -0.15) is 5.10 Å². The normalized spacial score (nSPS) is 10.9. The van der Waals surface area contributed by atoms with Crippen molar-refractivity contribution in [3.05, 3.63) is 48.3 Å².